The van der Waals surface area contributed by atoms with E-state index in [4.69, 9.17) is 0 Å². The van der Waals surface area contributed by atoms with Crippen LogP contribution in [0.2, 0.25) is 0 Å². The highest BCUT2D eigenvalue weighted by Gasteiger charge is 2.47. The number of fused-ring (bicyclic) bond motifs is 1. The lowest BCUT2D eigenvalue weighted by molar-refractivity contribution is -0.0601. The first kappa shape index (κ1) is 16.4. The number of hydrogen-bond donors (Lipinski definition) is 1. The molecule has 0 bridgehead atoms. The minimum Gasteiger partial charge on any atom is -0.396 e. The van der Waals surface area contributed by atoms with E-state index in [1.54, 1.807) is 13.0 Å². The molecule has 0 radical (unpaired) electrons. The van der Waals surface area contributed by atoms with Gasteiger partial charge in [-0.05, 0) is 63.5 Å². The van der Waals surface area contributed by atoms with Gasteiger partial charge < -0.3 is 14.9 Å². The molecule has 5 heteroatoms. The first-order valence-corrected chi connectivity index (χ1v) is 8.33. The van der Waals surface area contributed by atoms with Crippen molar-refractivity contribution >= 4 is 5.91 Å². The number of likely N-dealkylation sites (N-methyl/N-ethyl adjacent to an activating group) is 1. The highest BCUT2D eigenvalue weighted by Crippen LogP contribution is 2.41. The zero-order valence-corrected chi connectivity index (χ0v) is 13.9. The van der Waals surface area contributed by atoms with Crippen molar-refractivity contribution in [3.05, 3.63) is 35.1 Å². The van der Waals surface area contributed by atoms with Gasteiger partial charge in [-0.3, -0.25) is 4.79 Å². The number of aliphatic hydroxyl groups excluding tert-OH is 1. The largest absolute Gasteiger partial charge is 0.396 e. The summed E-state index contributed by atoms with van der Waals surface area (Å²) in [6.45, 7) is 4.18. The van der Waals surface area contributed by atoms with Crippen LogP contribution in [0.25, 0.3) is 0 Å². The Kier molecular flexibility index (Phi) is 4.43. The summed E-state index contributed by atoms with van der Waals surface area (Å²) >= 11 is 0. The van der Waals surface area contributed by atoms with E-state index < -0.39 is 0 Å². The average molecular weight is 320 g/mol. The third-order valence-electron chi connectivity index (χ3n) is 5.59. The quantitative estimate of drug-likeness (QED) is 0.907. The molecule has 0 spiro atoms. The van der Waals surface area contributed by atoms with Crippen LogP contribution in [0, 0.1) is 18.2 Å². The molecule has 1 aromatic carbocycles. The predicted octanol–water partition coefficient (Wildman–Crippen LogP) is 2.05. The van der Waals surface area contributed by atoms with E-state index in [1.807, 2.05) is 4.90 Å². The van der Waals surface area contributed by atoms with Crippen molar-refractivity contribution in [2.75, 3.05) is 33.3 Å². The van der Waals surface area contributed by atoms with Crippen LogP contribution >= 0.6 is 0 Å². The third-order valence-corrected chi connectivity index (χ3v) is 5.59. The van der Waals surface area contributed by atoms with Gasteiger partial charge in [-0.25, -0.2) is 4.39 Å². The first-order chi connectivity index (χ1) is 10.9. The smallest absolute Gasteiger partial charge is 0.254 e. The van der Waals surface area contributed by atoms with Crippen LogP contribution in [-0.4, -0.2) is 60.1 Å². The molecule has 126 valence electrons. The SMILES string of the molecule is Cc1cc(F)cc(C(=O)N2CC[C@@]3(CO)CCCN(C)[C@@H]3C2)c1. The van der Waals surface area contributed by atoms with E-state index in [1.165, 1.54) is 12.1 Å². The second kappa shape index (κ2) is 6.21. The van der Waals surface area contributed by atoms with Crippen LogP contribution in [-0.2, 0) is 0 Å². The van der Waals surface area contributed by atoms with Crippen molar-refractivity contribution in [1.82, 2.24) is 9.80 Å². The van der Waals surface area contributed by atoms with Crippen molar-refractivity contribution in [3.63, 3.8) is 0 Å². The highest BCUT2D eigenvalue weighted by molar-refractivity contribution is 5.94. The summed E-state index contributed by atoms with van der Waals surface area (Å²) in [6.07, 6.45) is 2.91. The van der Waals surface area contributed by atoms with Crippen molar-refractivity contribution < 1.29 is 14.3 Å². The molecule has 0 aromatic heterocycles. The monoisotopic (exact) mass is 320 g/mol. The van der Waals surface area contributed by atoms with Gasteiger partial charge in [0, 0.05) is 30.1 Å². The van der Waals surface area contributed by atoms with Gasteiger partial charge in [0.2, 0.25) is 0 Å². The van der Waals surface area contributed by atoms with E-state index in [2.05, 4.69) is 11.9 Å². The minimum absolute atomic E-state index is 0.0956. The Morgan fingerprint density at radius 2 is 2.13 bits per heavy atom. The summed E-state index contributed by atoms with van der Waals surface area (Å²) in [7, 11) is 2.06. The molecule has 0 aliphatic carbocycles. The Balaban J connectivity index is 1.81. The Hall–Kier alpha value is -1.46. The number of carbonyl (C=O) groups excluding carboxylic acids is 1. The van der Waals surface area contributed by atoms with E-state index in [-0.39, 0.29) is 29.8 Å². The Morgan fingerprint density at radius 1 is 1.35 bits per heavy atom. The molecular formula is C18H25FN2O2. The zero-order chi connectivity index (χ0) is 16.6. The fraction of sp³-hybridized carbons (Fsp3) is 0.611. The Morgan fingerprint density at radius 3 is 2.83 bits per heavy atom. The molecule has 1 N–H and O–H groups in total. The van der Waals surface area contributed by atoms with Crippen LogP contribution in [0.15, 0.2) is 18.2 Å². The summed E-state index contributed by atoms with van der Waals surface area (Å²) in [5.74, 6) is -0.483. The number of piperidine rings is 2. The molecule has 2 aliphatic rings. The second-order valence-electron chi connectivity index (χ2n) is 7.14. The molecule has 0 unspecified atom stereocenters. The van der Waals surface area contributed by atoms with Gasteiger partial charge in [-0.1, -0.05) is 0 Å². The molecule has 1 aromatic rings. The van der Waals surface area contributed by atoms with Crippen LogP contribution in [0.5, 0.6) is 0 Å². The Labute approximate surface area is 136 Å². The number of likely N-dealkylation sites (tertiary alicyclic amines) is 2. The summed E-state index contributed by atoms with van der Waals surface area (Å²) < 4.78 is 13.6. The van der Waals surface area contributed by atoms with Crippen molar-refractivity contribution in [3.8, 4) is 0 Å². The molecule has 2 atom stereocenters. The molecular weight excluding hydrogens is 295 g/mol. The van der Waals surface area contributed by atoms with E-state index in [0.29, 0.717) is 18.7 Å². The van der Waals surface area contributed by atoms with Crippen LogP contribution in [0.4, 0.5) is 4.39 Å². The van der Waals surface area contributed by atoms with Gasteiger partial charge in [0.25, 0.3) is 5.91 Å². The lowest BCUT2D eigenvalue weighted by atomic mass is 9.69. The first-order valence-electron chi connectivity index (χ1n) is 8.33. The number of aryl methyl sites for hydroxylation is 1. The standard InChI is InChI=1S/C18H25FN2O2/c1-13-8-14(10-15(19)9-13)17(23)21-7-5-18(12-22)4-3-6-20(2)16(18)11-21/h8-10,16,22H,3-7,11-12H2,1-2H3/t16-,18-/m1/s1. The molecule has 1 amide bonds. The fourth-order valence-corrected chi connectivity index (χ4v) is 4.24. The topological polar surface area (TPSA) is 43.8 Å². The molecule has 2 saturated heterocycles. The number of aliphatic hydroxyl groups is 1. The second-order valence-corrected chi connectivity index (χ2v) is 7.14. The van der Waals surface area contributed by atoms with Gasteiger partial charge in [0.15, 0.2) is 0 Å². The maximum absolute atomic E-state index is 13.6. The predicted molar refractivity (Wildman–Crippen MR) is 86.8 cm³/mol. The fourth-order valence-electron chi connectivity index (χ4n) is 4.24. The number of carbonyl (C=O) groups is 1. The number of amides is 1. The molecule has 23 heavy (non-hydrogen) atoms. The Bertz CT molecular complexity index is 586. The van der Waals surface area contributed by atoms with E-state index >= 15 is 0 Å². The lowest BCUT2D eigenvalue weighted by Gasteiger charge is -2.53. The number of halogens is 1. The van der Waals surface area contributed by atoms with Crippen LogP contribution in [0.1, 0.15) is 35.2 Å². The summed E-state index contributed by atoms with van der Waals surface area (Å²) in [5, 5.41) is 9.93. The summed E-state index contributed by atoms with van der Waals surface area (Å²) in [5.41, 5.74) is 1.07. The summed E-state index contributed by atoms with van der Waals surface area (Å²) in [4.78, 5) is 16.8. The van der Waals surface area contributed by atoms with Crippen molar-refractivity contribution in [2.24, 2.45) is 5.41 Å². The van der Waals surface area contributed by atoms with Crippen LogP contribution < -0.4 is 0 Å². The summed E-state index contributed by atoms with van der Waals surface area (Å²) in [6, 6.07) is 4.66. The normalized spacial score (nSPS) is 28.5. The van der Waals surface area contributed by atoms with Gasteiger partial charge >= 0.3 is 0 Å². The minimum atomic E-state index is -0.371. The molecule has 2 aliphatic heterocycles. The molecule has 4 nitrogen and oxygen atoms in total. The highest BCUT2D eigenvalue weighted by atomic mass is 19.1. The zero-order valence-electron chi connectivity index (χ0n) is 13.9. The van der Waals surface area contributed by atoms with Gasteiger partial charge in [-0.15, -0.1) is 0 Å². The van der Waals surface area contributed by atoms with Gasteiger partial charge in [-0.2, -0.15) is 0 Å². The average Bonchev–Trinajstić information content (AvgIpc) is 2.53. The van der Waals surface area contributed by atoms with E-state index in [0.717, 1.165) is 31.4 Å². The lowest BCUT2D eigenvalue weighted by Crippen LogP contribution is -2.62. The molecule has 0 saturated carbocycles. The van der Waals surface area contributed by atoms with Crippen LogP contribution in [0.3, 0.4) is 0 Å². The number of nitrogens with zero attached hydrogens (tertiary/aromatic N) is 2. The van der Waals surface area contributed by atoms with E-state index in [9.17, 15) is 14.3 Å². The van der Waals surface area contributed by atoms with Gasteiger partial charge in [0.1, 0.15) is 5.82 Å². The van der Waals surface area contributed by atoms with Crippen molar-refractivity contribution in [2.45, 2.75) is 32.2 Å². The number of benzene rings is 1. The number of rotatable bonds is 2. The van der Waals surface area contributed by atoms with Gasteiger partial charge in [0.05, 0.1) is 6.61 Å². The molecule has 2 fully saturated rings. The van der Waals surface area contributed by atoms with Crippen molar-refractivity contribution in [1.29, 1.82) is 0 Å². The maximum atomic E-state index is 13.6. The third kappa shape index (κ3) is 3.00. The molecule has 2 heterocycles. The molecule has 3 rings (SSSR count). The maximum Gasteiger partial charge on any atom is 0.254 e. The number of hydrogen-bond acceptors (Lipinski definition) is 3.